The zero-order valence-corrected chi connectivity index (χ0v) is 14.7. The van der Waals surface area contributed by atoms with Crippen LogP contribution in [-0.2, 0) is 4.74 Å². The maximum atomic E-state index is 12.0. The minimum atomic E-state index is -0.267. The fraction of sp³-hybridized carbons (Fsp3) is 0.529. The SMILES string of the molecule is CN=C(NCCNC(=O)c1cccc(C)c1)NCC(C)(C)OC. The molecular formula is C17H28N4O2. The Kier molecular flexibility index (Phi) is 7.54. The molecule has 1 aromatic carbocycles. The number of nitrogens with one attached hydrogen (secondary N) is 3. The molecule has 23 heavy (non-hydrogen) atoms. The van der Waals surface area contributed by atoms with Gasteiger partial charge in [-0.1, -0.05) is 17.7 Å². The molecule has 0 saturated heterocycles. The fourth-order valence-corrected chi connectivity index (χ4v) is 1.83. The third-order valence-electron chi connectivity index (χ3n) is 3.44. The van der Waals surface area contributed by atoms with Gasteiger partial charge in [0.25, 0.3) is 5.91 Å². The van der Waals surface area contributed by atoms with Crippen molar-refractivity contribution < 1.29 is 9.53 Å². The lowest BCUT2D eigenvalue weighted by molar-refractivity contribution is 0.0268. The number of ether oxygens (including phenoxy) is 1. The normalized spacial score (nSPS) is 12.0. The van der Waals surface area contributed by atoms with Gasteiger partial charge in [-0.3, -0.25) is 9.79 Å². The molecule has 0 aliphatic carbocycles. The van der Waals surface area contributed by atoms with E-state index in [0.29, 0.717) is 31.2 Å². The second-order valence-electron chi connectivity index (χ2n) is 5.94. The van der Waals surface area contributed by atoms with Crippen molar-refractivity contribution in [3.05, 3.63) is 35.4 Å². The molecule has 0 unspecified atom stereocenters. The first-order valence-corrected chi connectivity index (χ1v) is 7.72. The van der Waals surface area contributed by atoms with Crippen LogP contribution >= 0.6 is 0 Å². The third-order valence-corrected chi connectivity index (χ3v) is 3.44. The Labute approximate surface area is 138 Å². The quantitative estimate of drug-likeness (QED) is 0.402. The summed E-state index contributed by atoms with van der Waals surface area (Å²) in [6, 6.07) is 7.53. The van der Waals surface area contributed by atoms with E-state index in [2.05, 4.69) is 20.9 Å². The van der Waals surface area contributed by atoms with Gasteiger partial charge in [0, 0.05) is 39.4 Å². The van der Waals surface area contributed by atoms with E-state index in [-0.39, 0.29) is 11.5 Å². The number of guanidine groups is 1. The van der Waals surface area contributed by atoms with Gasteiger partial charge in [-0.05, 0) is 32.9 Å². The van der Waals surface area contributed by atoms with Gasteiger partial charge in [-0.25, -0.2) is 0 Å². The highest BCUT2D eigenvalue weighted by Crippen LogP contribution is 2.04. The minimum absolute atomic E-state index is 0.0704. The molecule has 0 spiro atoms. The number of aliphatic imine (C=N–C) groups is 1. The van der Waals surface area contributed by atoms with Crippen molar-refractivity contribution in [2.24, 2.45) is 4.99 Å². The van der Waals surface area contributed by atoms with E-state index in [1.807, 2.05) is 45.0 Å². The average molecular weight is 320 g/mol. The second kappa shape index (κ2) is 9.15. The van der Waals surface area contributed by atoms with Crippen LogP contribution in [0.15, 0.2) is 29.3 Å². The molecule has 0 bridgehead atoms. The Morgan fingerprint density at radius 1 is 1.22 bits per heavy atom. The molecule has 1 amide bonds. The Bertz CT molecular complexity index is 541. The van der Waals surface area contributed by atoms with E-state index in [0.717, 1.165) is 5.56 Å². The molecule has 0 heterocycles. The summed E-state index contributed by atoms with van der Waals surface area (Å²) in [7, 11) is 3.39. The van der Waals surface area contributed by atoms with Crippen LogP contribution < -0.4 is 16.0 Å². The molecule has 3 N–H and O–H groups in total. The fourth-order valence-electron chi connectivity index (χ4n) is 1.83. The van der Waals surface area contributed by atoms with E-state index in [4.69, 9.17) is 4.74 Å². The van der Waals surface area contributed by atoms with E-state index < -0.39 is 0 Å². The maximum absolute atomic E-state index is 12.0. The van der Waals surface area contributed by atoms with Crippen molar-refractivity contribution in [1.82, 2.24) is 16.0 Å². The van der Waals surface area contributed by atoms with Gasteiger partial charge >= 0.3 is 0 Å². The third kappa shape index (κ3) is 7.15. The van der Waals surface area contributed by atoms with Crippen LogP contribution in [0.25, 0.3) is 0 Å². The molecule has 0 aliphatic rings. The highest BCUT2D eigenvalue weighted by molar-refractivity contribution is 5.94. The first kappa shape index (κ1) is 19.0. The number of nitrogens with zero attached hydrogens (tertiary/aromatic N) is 1. The first-order valence-electron chi connectivity index (χ1n) is 7.72. The summed E-state index contributed by atoms with van der Waals surface area (Å²) in [5.74, 6) is 0.610. The number of carbonyl (C=O) groups is 1. The van der Waals surface area contributed by atoms with Gasteiger partial charge in [-0.15, -0.1) is 0 Å². The summed E-state index contributed by atoms with van der Waals surface area (Å²) in [5, 5.41) is 9.22. The second-order valence-corrected chi connectivity index (χ2v) is 5.94. The van der Waals surface area contributed by atoms with Crippen LogP contribution in [0.3, 0.4) is 0 Å². The van der Waals surface area contributed by atoms with Crippen molar-refractivity contribution in [2.75, 3.05) is 33.8 Å². The molecule has 0 saturated carbocycles. The minimum Gasteiger partial charge on any atom is -0.377 e. The van der Waals surface area contributed by atoms with E-state index >= 15 is 0 Å². The van der Waals surface area contributed by atoms with Gasteiger partial charge in [-0.2, -0.15) is 0 Å². The highest BCUT2D eigenvalue weighted by atomic mass is 16.5. The van der Waals surface area contributed by atoms with Crippen molar-refractivity contribution in [1.29, 1.82) is 0 Å². The number of benzene rings is 1. The van der Waals surface area contributed by atoms with E-state index in [9.17, 15) is 4.79 Å². The van der Waals surface area contributed by atoms with Crippen LogP contribution in [0.1, 0.15) is 29.8 Å². The van der Waals surface area contributed by atoms with Gasteiger partial charge in [0.1, 0.15) is 0 Å². The van der Waals surface area contributed by atoms with Crippen molar-refractivity contribution >= 4 is 11.9 Å². The predicted molar refractivity (Wildman–Crippen MR) is 94.0 cm³/mol. The summed E-state index contributed by atoms with van der Waals surface area (Å²) in [4.78, 5) is 16.1. The lowest BCUT2D eigenvalue weighted by atomic mass is 10.1. The molecule has 1 aromatic rings. The molecule has 6 nitrogen and oxygen atoms in total. The van der Waals surface area contributed by atoms with Crippen LogP contribution in [0.5, 0.6) is 0 Å². The van der Waals surface area contributed by atoms with Crippen LogP contribution in [-0.4, -0.2) is 51.3 Å². The Balaban J connectivity index is 2.31. The smallest absolute Gasteiger partial charge is 0.251 e. The maximum Gasteiger partial charge on any atom is 0.251 e. The summed E-state index contributed by atoms with van der Waals surface area (Å²) >= 11 is 0. The van der Waals surface area contributed by atoms with Crippen molar-refractivity contribution in [3.63, 3.8) is 0 Å². The summed E-state index contributed by atoms with van der Waals surface area (Å²) < 4.78 is 5.35. The number of methoxy groups -OCH3 is 1. The lowest BCUT2D eigenvalue weighted by Crippen LogP contribution is -2.46. The Morgan fingerprint density at radius 2 is 1.91 bits per heavy atom. The predicted octanol–water partition coefficient (Wildman–Crippen LogP) is 1.31. The van der Waals surface area contributed by atoms with Crippen LogP contribution in [0, 0.1) is 6.92 Å². The summed E-state index contributed by atoms with van der Waals surface area (Å²) in [6.45, 7) is 7.70. The number of aryl methyl sites for hydroxylation is 1. The lowest BCUT2D eigenvalue weighted by Gasteiger charge is -2.24. The van der Waals surface area contributed by atoms with Gasteiger partial charge in [0.15, 0.2) is 5.96 Å². The van der Waals surface area contributed by atoms with Gasteiger partial charge in [0.05, 0.1) is 5.60 Å². The topological polar surface area (TPSA) is 74.8 Å². The van der Waals surface area contributed by atoms with E-state index in [1.54, 1.807) is 14.2 Å². The first-order chi connectivity index (χ1) is 10.9. The molecule has 0 radical (unpaired) electrons. The number of hydrogen-bond acceptors (Lipinski definition) is 3. The van der Waals surface area contributed by atoms with Gasteiger partial charge < -0.3 is 20.7 Å². The molecular weight excluding hydrogens is 292 g/mol. The van der Waals surface area contributed by atoms with Crippen LogP contribution in [0.2, 0.25) is 0 Å². The number of amides is 1. The molecule has 0 aromatic heterocycles. The summed E-state index contributed by atoms with van der Waals surface area (Å²) in [5.41, 5.74) is 1.48. The molecule has 0 fully saturated rings. The molecule has 1 rings (SSSR count). The molecule has 0 aliphatic heterocycles. The zero-order chi connectivity index (χ0) is 17.3. The molecule has 0 atom stereocenters. The number of carbonyl (C=O) groups excluding carboxylic acids is 1. The average Bonchev–Trinajstić information content (AvgIpc) is 2.54. The van der Waals surface area contributed by atoms with Crippen molar-refractivity contribution in [2.45, 2.75) is 26.4 Å². The highest BCUT2D eigenvalue weighted by Gasteiger charge is 2.16. The molecule has 128 valence electrons. The van der Waals surface area contributed by atoms with E-state index in [1.165, 1.54) is 0 Å². The zero-order valence-electron chi connectivity index (χ0n) is 14.7. The number of hydrogen-bond donors (Lipinski definition) is 3. The van der Waals surface area contributed by atoms with Crippen molar-refractivity contribution in [3.8, 4) is 0 Å². The molecule has 6 heteroatoms. The monoisotopic (exact) mass is 320 g/mol. The Hall–Kier alpha value is -2.08. The summed E-state index contributed by atoms with van der Waals surface area (Å²) in [6.07, 6.45) is 0. The number of rotatable bonds is 7. The van der Waals surface area contributed by atoms with Crippen LogP contribution in [0.4, 0.5) is 0 Å². The Morgan fingerprint density at radius 3 is 2.52 bits per heavy atom. The standard InChI is InChI=1S/C17H28N4O2/c1-13-7-6-8-14(11-13)15(22)19-9-10-20-16(18-4)21-12-17(2,3)23-5/h6-8,11H,9-10,12H2,1-5H3,(H,19,22)(H2,18,20,21). The van der Waals surface area contributed by atoms with Gasteiger partial charge in [0.2, 0.25) is 0 Å². The largest absolute Gasteiger partial charge is 0.377 e.